The summed E-state index contributed by atoms with van der Waals surface area (Å²) in [6.07, 6.45) is 4.93. The van der Waals surface area contributed by atoms with Crippen molar-refractivity contribution in [1.82, 2.24) is 0 Å². The molecule has 3 nitrogen and oxygen atoms in total. The molecule has 0 aliphatic rings. The summed E-state index contributed by atoms with van der Waals surface area (Å²) >= 11 is 0. The Morgan fingerprint density at radius 1 is 0.733 bits per heavy atom. The van der Waals surface area contributed by atoms with E-state index < -0.39 is 6.10 Å². The van der Waals surface area contributed by atoms with Gasteiger partial charge >= 0.3 is 0 Å². The van der Waals surface area contributed by atoms with Crippen LogP contribution in [0.1, 0.15) is 44.7 Å². The van der Waals surface area contributed by atoms with Crippen molar-refractivity contribution >= 4 is 0 Å². The SMILES string of the molecule is C=CCC(OCc1ccccc1)C(C)C.C=CCC(OCc1ccccc1)[C@H](C)O. The average Bonchev–Trinajstić information content (AvgIpc) is 2.75. The lowest BCUT2D eigenvalue weighted by molar-refractivity contribution is -0.0358. The van der Waals surface area contributed by atoms with Gasteiger partial charge in [-0.3, -0.25) is 0 Å². The topological polar surface area (TPSA) is 38.7 Å². The molecule has 0 spiro atoms. The van der Waals surface area contributed by atoms with Crippen molar-refractivity contribution < 1.29 is 14.6 Å². The van der Waals surface area contributed by atoms with Crippen molar-refractivity contribution in [3.05, 3.63) is 97.1 Å². The quantitative estimate of drug-likeness (QED) is 0.415. The van der Waals surface area contributed by atoms with E-state index in [-0.39, 0.29) is 12.2 Å². The molecule has 2 rings (SSSR count). The Kier molecular flexibility index (Phi) is 13.4. The van der Waals surface area contributed by atoms with Crippen LogP contribution in [0.15, 0.2) is 86.0 Å². The maximum Gasteiger partial charge on any atom is 0.0869 e. The summed E-state index contributed by atoms with van der Waals surface area (Å²) < 4.78 is 11.5. The highest BCUT2D eigenvalue weighted by atomic mass is 16.5. The number of aliphatic hydroxyl groups excluding tert-OH is 1. The van der Waals surface area contributed by atoms with Crippen molar-refractivity contribution in [3.63, 3.8) is 0 Å². The van der Waals surface area contributed by atoms with E-state index in [9.17, 15) is 5.11 Å². The molecule has 0 aromatic heterocycles. The second kappa shape index (κ2) is 15.6. The van der Waals surface area contributed by atoms with Gasteiger partial charge in [-0.1, -0.05) is 86.7 Å². The first-order chi connectivity index (χ1) is 14.5. The summed E-state index contributed by atoms with van der Waals surface area (Å²) in [4.78, 5) is 0. The number of hydrogen-bond acceptors (Lipinski definition) is 3. The Bertz CT molecular complexity index is 618. The summed E-state index contributed by atoms with van der Waals surface area (Å²) in [6.45, 7) is 14.7. The lowest BCUT2D eigenvalue weighted by Gasteiger charge is -2.20. The average molecular weight is 411 g/mol. The summed E-state index contributed by atoms with van der Waals surface area (Å²) in [7, 11) is 0. The third-order valence-corrected chi connectivity index (χ3v) is 4.69. The first-order valence-corrected chi connectivity index (χ1v) is 10.7. The van der Waals surface area contributed by atoms with E-state index in [4.69, 9.17) is 9.47 Å². The number of aliphatic hydroxyl groups is 1. The minimum Gasteiger partial charge on any atom is -0.391 e. The molecule has 2 unspecified atom stereocenters. The third-order valence-electron chi connectivity index (χ3n) is 4.69. The van der Waals surface area contributed by atoms with E-state index >= 15 is 0 Å². The van der Waals surface area contributed by atoms with Gasteiger partial charge in [0, 0.05) is 0 Å². The van der Waals surface area contributed by atoms with Crippen molar-refractivity contribution in [2.45, 2.75) is 65.1 Å². The smallest absolute Gasteiger partial charge is 0.0869 e. The van der Waals surface area contributed by atoms with Crippen molar-refractivity contribution in [2.75, 3.05) is 0 Å². The van der Waals surface area contributed by atoms with E-state index in [1.807, 2.05) is 54.6 Å². The van der Waals surface area contributed by atoms with Crippen LogP contribution in [0.4, 0.5) is 0 Å². The molecule has 0 saturated carbocycles. The minimum atomic E-state index is -0.466. The maximum atomic E-state index is 9.45. The van der Waals surface area contributed by atoms with Crippen LogP contribution in [0.3, 0.4) is 0 Å². The van der Waals surface area contributed by atoms with Gasteiger partial charge in [-0.25, -0.2) is 0 Å². The fourth-order valence-corrected chi connectivity index (χ4v) is 2.82. The van der Waals surface area contributed by atoms with Gasteiger partial charge in [-0.2, -0.15) is 0 Å². The normalized spacial score (nSPS) is 13.6. The first kappa shape index (κ1) is 25.8. The van der Waals surface area contributed by atoms with Crippen LogP contribution in [-0.4, -0.2) is 23.4 Å². The van der Waals surface area contributed by atoms with E-state index in [0.29, 0.717) is 25.6 Å². The predicted molar refractivity (Wildman–Crippen MR) is 126 cm³/mol. The zero-order valence-corrected chi connectivity index (χ0v) is 18.7. The van der Waals surface area contributed by atoms with Crippen LogP contribution in [0.25, 0.3) is 0 Å². The predicted octanol–water partition coefficient (Wildman–Crippen LogP) is 6.33. The van der Waals surface area contributed by atoms with Crippen molar-refractivity contribution in [2.24, 2.45) is 5.92 Å². The Morgan fingerprint density at radius 3 is 1.50 bits per heavy atom. The monoisotopic (exact) mass is 410 g/mol. The maximum absolute atomic E-state index is 9.45. The third kappa shape index (κ3) is 11.1. The lowest BCUT2D eigenvalue weighted by Crippen LogP contribution is -2.25. The molecule has 3 heteroatoms. The number of hydrogen-bond donors (Lipinski definition) is 1. The van der Waals surface area contributed by atoms with Crippen LogP contribution in [-0.2, 0) is 22.7 Å². The van der Waals surface area contributed by atoms with Gasteiger partial charge in [0.15, 0.2) is 0 Å². The molecule has 1 N–H and O–H groups in total. The molecule has 30 heavy (non-hydrogen) atoms. The van der Waals surface area contributed by atoms with Gasteiger partial charge in [0.25, 0.3) is 0 Å². The Hall–Kier alpha value is -2.20. The van der Waals surface area contributed by atoms with Gasteiger partial charge in [0.2, 0.25) is 0 Å². The largest absolute Gasteiger partial charge is 0.391 e. The van der Waals surface area contributed by atoms with Gasteiger partial charge in [-0.15, -0.1) is 13.2 Å². The van der Waals surface area contributed by atoms with Gasteiger partial charge < -0.3 is 14.6 Å². The molecule has 2 aromatic rings. The minimum absolute atomic E-state index is 0.164. The molecule has 0 fully saturated rings. The zero-order chi connectivity index (χ0) is 22.2. The zero-order valence-electron chi connectivity index (χ0n) is 18.7. The van der Waals surface area contributed by atoms with Crippen LogP contribution in [0.5, 0.6) is 0 Å². The number of benzene rings is 2. The van der Waals surface area contributed by atoms with Gasteiger partial charge in [-0.05, 0) is 36.8 Å². The van der Waals surface area contributed by atoms with E-state index in [1.165, 1.54) is 5.56 Å². The molecular formula is C27H38O3. The van der Waals surface area contributed by atoms with Gasteiger partial charge in [0.05, 0.1) is 31.5 Å². The van der Waals surface area contributed by atoms with Crippen LogP contribution in [0, 0.1) is 5.92 Å². The Balaban J connectivity index is 0.000000300. The van der Waals surface area contributed by atoms with Crippen LogP contribution in [0.2, 0.25) is 0 Å². The molecular weight excluding hydrogens is 372 g/mol. The molecule has 0 bridgehead atoms. The first-order valence-electron chi connectivity index (χ1n) is 10.7. The van der Waals surface area contributed by atoms with Crippen molar-refractivity contribution in [3.8, 4) is 0 Å². The standard InChI is InChI=1S/C14H20O.C13H18O2/c1-4-8-14(12(2)3)15-11-13-9-6-5-7-10-13;1-3-7-13(11(2)14)15-10-12-8-5-4-6-9-12/h4-7,9-10,12,14H,1,8,11H2,2-3H3;3-6,8-9,11,13-14H,1,7,10H2,2H3/t;11-,13?/m.0/s1. The molecule has 0 amide bonds. The highest BCUT2D eigenvalue weighted by Crippen LogP contribution is 2.14. The molecule has 3 atom stereocenters. The summed E-state index contributed by atoms with van der Waals surface area (Å²) in [6, 6.07) is 20.2. The summed E-state index contributed by atoms with van der Waals surface area (Å²) in [5.41, 5.74) is 2.35. The highest BCUT2D eigenvalue weighted by molar-refractivity contribution is 5.14. The Labute approximate surface area is 183 Å². The van der Waals surface area contributed by atoms with Crippen LogP contribution < -0.4 is 0 Å². The molecule has 0 radical (unpaired) electrons. The van der Waals surface area contributed by atoms with Crippen LogP contribution >= 0.6 is 0 Å². The highest BCUT2D eigenvalue weighted by Gasteiger charge is 2.13. The molecule has 0 heterocycles. The molecule has 0 aliphatic carbocycles. The second-order valence-electron chi connectivity index (χ2n) is 7.70. The molecule has 0 aliphatic heterocycles. The molecule has 164 valence electrons. The Morgan fingerprint density at radius 2 is 1.13 bits per heavy atom. The van der Waals surface area contributed by atoms with Gasteiger partial charge in [0.1, 0.15) is 0 Å². The number of ether oxygens (including phenoxy) is 2. The fourth-order valence-electron chi connectivity index (χ4n) is 2.82. The molecule has 2 aromatic carbocycles. The number of rotatable bonds is 12. The fraction of sp³-hybridized carbons (Fsp3) is 0.407. The summed E-state index contributed by atoms with van der Waals surface area (Å²) in [5.74, 6) is 0.534. The van der Waals surface area contributed by atoms with E-state index in [0.717, 1.165) is 12.0 Å². The van der Waals surface area contributed by atoms with E-state index in [2.05, 4.69) is 39.1 Å². The lowest BCUT2D eigenvalue weighted by atomic mass is 10.0. The van der Waals surface area contributed by atoms with Crippen molar-refractivity contribution in [1.29, 1.82) is 0 Å². The second-order valence-corrected chi connectivity index (χ2v) is 7.70. The molecule has 0 saturated heterocycles. The van der Waals surface area contributed by atoms with E-state index in [1.54, 1.807) is 13.0 Å². The summed E-state index contributed by atoms with van der Waals surface area (Å²) in [5, 5.41) is 9.45.